The summed E-state index contributed by atoms with van der Waals surface area (Å²) in [5, 5.41) is 9.45. The Bertz CT molecular complexity index is 2540. The molecule has 0 unspecified atom stereocenters. The summed E-state index contributed by atoms with van der Waals surface area (Å²) >= 11 is 0. The van der Waals surface area contributed by atoms with Crippen LogP contribution in [0.2, 0.25) is 0 Å². The van der Waals surface area contributed by atoms with Crippen molar-refractivity contribution in [1.29, 1.82) is 0 Å². The zero-order valence-corrected chi connectivity index (χ0v) is 33.2. The average molecular weight is 793 g/mol. The van der Waals surface area contributed by atoms with Crippen molar-refractivity contribution < 1.29 is 33.3 Å². The summed E-state index contributed by atoms with van der Waals surface area (Å²) < 4.78 is 24.3. The van der Waals surface area contributed by atoms with E-state index in [0.29, 0.717) is 64.2 Å². The Morgan fingerprint density at radius 2 is 1.39 bits per heavy atom. The molecule has 5 aromatic carbocycles. The van der Waals surface area contributed by atoms with Gasteiger partial charge in [-0.2, -0.15) is 0 Å². The number of fused-ring (bicyclic) bond motifs is 8. The number of hydrogen-bond donors (Lipinski definition) is 3. The van der Waals surface area contributed by atoms with Gasteiger partial charge in [-0.25, -0.2) is 0 Å². The van der Waals surface area contributed by atoms with Gasteiger partial charge < -0.3 is 39.8 Å². The normalized spacial score (nSPS) is 17.6. The third-order valence-corrected chi connectivity index (χ3v) is 11.4. The second kappa shape index (κ2) is 15.5. The Hall–Kier alpha value is -6.86. The Morgan fingerprint density at radius 1 is 0.780 bits per heavy atom. The zero-order valence-electron chi connectivity index (χ0n) is 33.2. The number of anilines is 4. The van der Waals surface area contributed by atoms with Crippen molar-refractivity contribution in [2.45, 2.75) is 51.1 Å². The van der Waals surface area contributed by atoms with Crippen molar-refractivity contribution in [3.8, 4) is 23.0 Å². The van der Waals surface area contributed by atoms with E-state index in [1.807, 2.05) is 77.8 Å². The predicted octanol–water partition coefficient (Wildman–Crippen LogP) is 6.69. The Labute approximate surface area is 341 Å². The van der Waals surface area contributed by atoms with Gasteiger partial charge in [-0.15, -0.1) is 0 Å². The predicted molar refractivity (Wildman–Crippen MR) is 226 cm³/mol. The first kappa shape index (κ1) is 37.7. The number of carbonyl (C=O) groups excluding carboxylic acids is 3. The molecule has 0 aromatic heterocycles. The Morgan fingerprint density at radius 3 is 2.07 bits per heavy atom. The standard InChI is InChI=1S/C46H44N6O7/c1-26(47-2)44(53)50-31-14-27(24-58-42-20-36-34(18-40(42)56-3)45(54)51-32(22-48-36)16-29-9-5-7-11-38(29)51)13-28(15-31)25-59-43-21-37-35(19-41(43)57-4)46(55)52-33(23-49-37)17-30-10-6-8-12-39(30)52/h5-15,18-22,26,32-33,47,49H,16-17,23-25H2,1-4H3,(H,50,53)/t26-,32-,33-/m0/s1. The number of nitrogens with zero attached hydrogens (tertiary/aromatic N) is 3. The van der Waals surface area contributed by atoms with Gasteiger partial charge in [0.15, 0.2) is 23.0 Å². The molecule has 0 aliphatic carbocycles. The highest BCUT2D eigenvalue weighted by Gasteiger charge is 2.38. The number of hydrogen-bond acceptors (Lipinski definition) is 10. The van der Waals surface area contributed by atoms with Crippen molar-refractivity contribution in [2.24, 2.45) is 4.99 Å². The molecule has 3 atom stereocenters. The van der Waals surface area contributed by atoms with Crippen LogP contribution in [0.15, 0.2) is 96.0 Å². The lowest BCUT2D eigenvalue weighted by molar-refractivity contribution is -0.117. The fraction of sp³-hybridized carbons (Fsp3) is 0.261. The van der Waals surface area contributed by atoms with E-state index in [-0.39, 0.29) is 43.0 Å². The van der Waals surface area contributed by atoms with Gasteiger partial charge in [0.05, 0.1) is 54.8 Å². The van der Waals surface area contributed by atoms with Crippen LogP contribution in [0.4, 0.5) is 28.4 Å². The number of ether oxygens (including phenoxy) is 4. The molecule has 13 heteroatoms. The number of carbonyl (C=O) groups is 3. The third-order valence-electron chi connectivity index (χ3n) is 11.4. The van der Waals surface area contributed by atoms with E-state index in [4.69, 9.17) is 23.9 Å². The number of amides is 3. The maximum Gasteiger partial charge on any atom is 0.261 e. The van der Waals surface area contributed by atoms with E-state index in [0.717, 1.165) is 40.0 Å². The number of nitrogens with one attached hydrogen (secondary N) is 3. The summed E-state index contributed by atoms with van der Waals surface area (Å²) in [6, 6.07) is 27.9. The largest absolute Gasteiger partial charge is 0.493 e. The van der Waals surface area contributed by atoms with Crippen LogP contribution in [0.5, 0.6) is 23.0 Å². The molecule has 4 aliphatic rings. The summed E-state index contributed by atoms with van der Waals surface area (Å²) in [7, 11) is 4.80. The molecule has 9 rings (SSSR count). The van der Waals surface area contributed by atoms with Crippen molar-refractivity contribution in [3.05, 3.63) is 124 Å². The van der Waals surface area contributed by atoms with Crippen LogP contribution < -0.4 is 44.7 Å². The Kier molecular flexibility index (Phi) is 9.89. The van der Waals surface area contributed by atoms with Crippen LogP contribution in [0.3, 0.4) is 0 Å². The van der Waals surface area contributed by atoms with Gasteiger partial charge in [0.2, 0.25) is 5.91 Å². The van der Waals surface area contributed by atoms with Gasteiger partial charge in [0, 0.05) is 48.4 Å². The van der Waals surface area contributed by atoms with Crippen molar-refractivity contribution in [1.82, 2.24) is 5.32 Å². The van der Waals surface area contributed by atoms with Crippen LogP contribution in [0.1, 0.15) is 49.9 Å². The minimum absolute atomic E-state index is 0.0104. The molecule has 0 bridgehead atoms. The average Bonchev–Trinajstić information content (AvgIpc) is 3.75. The summed E-state index contributed by atoms with van der Waals surface area (Å²) in [6.45, 7) is 2.57. The summed E-state index contributed by atoms with van der Waals surface area (Å²) in [5.74, 6) is 1.23. The molecule has 59 heavy (non-hydrogen) atoms. The van der Waals surface area contributed by atoms with Crippen molar-refractivity contribution >= 4 is 52.4 Å². The molecule has 13 nitrogen and oxygen atoms in total. The van der Waals surface area contributed by atoms with Gasteiger partial charge in [-0.05, 0) is 85.1 Å². The van der Waals surface area contributed by atoms with Crippen LogP contribution in [0.25, 0.3) is 0 Å². The monoisotopic (exact) mass is 792 g/mol. The molecule has 0 fully saturated rings. The van der Waals surface area contributed by atoms with Crippen LogP contribution in [-0.4, -0.2) is 69.9 Å². The molecule has 5 aromatic rings. The second-order valence-corrected chi connectivity index (χ2v) is 15.1. The van der Waals surface area contributed by atoms with E-state index in [1.54, 1.807) is 44.2 Å². The van der Waals surface area contributed by atoms with E-state index in [9.17, 15) is 14.4 Å². The number of para-hydroxylation sites is 2. The maximum atomic E-state index is 14.0. The summed E-state index contributed by atoms with van der Waals surface area (Å²) in [4.78, 5) is 49.3. The molecule has 0 saturated carbocycles. The molecule has 0 spiro atoms. The van der Waals surface area contributed by atoms with Gasteiger partial charge in [-0.3, -0.25) is 24.3 Å². The fourth-order valence-corrected chi connectivity index (χ4v) is 8.31. The van der Waals surface area contributed by atoms with Gasteiger partial charge >= 0.3 is 0 Å². The minimum Gasteiger partial charge on any atom is -0.493 e. The lowest BCUT2D eigenvalue weighted by Crippen LogP contribution is -2.39. The maximum absolute atomic E-state index is 14.0. The van der Waals surface area contributed by atoms with E-state index in [2.05, 4.69) is 22.0 Å². The molecule has 4 heterocycles. The van der Waals surface area contributed by atoms with Crippen LogP contribution in [-0.2, 0) is 30.8 Å². The first-order valence-electron chi connectivity index (χ1n) is 19.6. The number of aliphatic imine (C=N–C) groups is 1. The lowest BCUT2D eigenvalue weighted by atomic mass is 10.1. The van der Waals surface area contributed by atoms with Gasteiger partial charge in [0.25, 0.3) is 11.8 Å². The highest BCUT2D eigenvalue weighted by atomic mass is 16.5. The lowest BCUT2D eigenvalue weighted by Gasteiger charge is -2.22. The molecular formula is C46H44N6O7. The fourth-order valence-electron chi connectivity index (χ4n) is 8.31. The molecule has 0 radical (unpaired) electrons. The van der Waals surface area contributed by atoms with E-state index in [1.165, 1.54) is 7.11 Å². The first-order valence-corrected chi connectivity index (χ1v) is 19.6. The number of methoxy groups -OCH3 is 2. The van der Waals surface area contributed by atoms with Crippen molar-refractivity contribution in [3.63, 3.8) is 0 Å². The molecule has 0 saturated heterocycles. The van der Waals surface area contributed by atoms with E-state index >= 15 is 0 Å². The number of rotatable bonds is 11. The summed E-state index contributed by atoms with van der Waals surface area (Å²) in [6.07, 6.45) is 3.28. The first-order chi connectivity index (χ1) is 28.7. The molecule has 300 valence electrons. The third kappa shape index (κ3) is 6.97. The molecule has 4 aliphatic heterocycles. The van der Waals surface area contributed by atoms with E-state index < -0.39 is 6.04 Å². The van der Waals surface area contributed by atoms with Gasteiger partial charge in [-0.1, -0.05) is 36.4 Å². The van der Waals surface area contributed by atoms with Crippen molar-refractivity contribution in [2.75, 3.05) is 48.2 Å². The summed E-state index contributed by atoms with van der Waals surface area (Å²) in [5.41, 5.74) is 8.22. The molecular weight excluding hydrogens is 749 g/mol. The SMILES string of the molecule is CN[C@@H](C)C(=O)Nc1cc(COc2cc3c(cc2OC)C(=O)N2c4ccccc4C[C@H]2C=N3)cc(COc2cc3c(cc2OC)C(=O)N2c4ccccc4C[C@H]2CN3)c1. The highest BCUT2D eigenvalue weighted by molar-refractivity contribution is 6.15. The molecule has 3 amide bonds. The van der Waals surface area contributed by atoms with Crippen LogP contribution >= 0.6 is 0 Å². The van der Waals surface area contributed by atoms with Crippen LogP contribution in [0, 0.1) is 0 Å². The number of likely N-dealkylation sites (N-methyl/N-ethyl adjacent to an activating group) is 1. The smallest absolute Gasteiger partial charge is 0.261 e. The number of benzene rings is 5. The molecule has 3 N–H and O–H groups in total. The quantitative estimate of drug-likeness (QED) is 0.133. The second-order valence-electron chi connectivity index (χ2n) is 15.1. The Balaban J connectivity index is 0.970. The topological polar surface area (TPSA) is 143 Å². The van der Waals surface area contributed by atoms with Gasteiger partial charge in [0.1, 0.15) is 13.2 Å². The minimum atomic E-state index is -0.436. The highest BCUT2D eigenvalue weighted by Crippen LogP contribution is 2.43. The zero-order chi connectivity index (χ0) is 40.8.